The molecule has 0 spiro atoms. The second-order valence-corrected chi connectivity index (χ2v) is 7.01. The number of aromatic nitrogens is 2. The van der Waals surface area contributed by atoms with Crippen molar-refractivity contribution in [1.82, 2.24) is 9.97 Å². The molecule has 1 atom stereocenters. The van der Waals surface area contributed by atoms with Gasteiger partial charge in [-0.3, -0.25) is 0 Å². The molecule has 0 saturated heterocycles. The third kappa shape index (κ3) is 3.10. The Morgan fingerprint density at radius 3 is 2.54 bits per heavy atom. The minimum absolute atomic E-state index is 0.289. The summed E-state index contributed by atoms with van der Waals surface area (Å²) >= 11 is 5.13. The maximum absolute atomic E-state index is 12.5. The number of hydrogen-bond acceptors (Lipinski definition) is 6. The van der Waals surface area contributed by atoms with E-state index in [2.05, 4.69) is 41.3 Å². The Hall–Kier alpha value is -2.67. The number of nitrogens with one attached hydrogen (secondary N) is 2. The molecule has 1 aliphatic rings. The summed E-state index contributed by atoms with van der Waals surface area (Å²) < 4.78 is 5.31. The molecule has 4 N–H and O–H groups in total. The van der Waals surface area contributed by atoms with Crippen LogP contribution in [0.1, 0.15) is 49.3 Å². The zero-order valence-electron chi connectivity index (χ0n) is 15.2. The largest absolute Gasteiger partial charge is 0.466 e. The number of nitrogens with zero attached hydrogens (tertiary/aromatic N) is 1. The summed E-state index contributed by atoms with van der Waals surface area (Å²) in [6.45, 7) is 6.10. The Kier molecular flexibility index (Phi) is 4.82. The molecule has 0 radical (unpaired) electrons. The summed E-state index contributed by atoms with van der Waals surface area (Å²) in [5.41, 5.74) is 10.3. The number of carbonyl (C=O) groups excluding carboxylic acids is 1. The SMILES string of the molecule is COC(=O)C1=C(C)Nc2nc(=S)[nH]c(N)c2C1c1ccc(C(C)C)cc1. The third-order valence-electron chi connectivity index (χ3n) is 4.63. The summed E-state index contributed by atoms with van der Waals surface area (Å²) in [6, 6.07) is 8.18. The molecule has 1 aromatic carbocycles. The van der Waals surface area contributed by atoms with Crippen LogP contribution in [0.25, 0.3) is 0 Å². The first-order valence-corrected chi connectivity index (χ1v) is 8.80. The van der Waals surface area contributed by atoms with Crippen molar-refractivity contribution in [2.45, 2.75) is 32.6 Å². The number of nitrogen functional groups attached to an aromatic ring is 1. The van der Waals surface area contributed by atoms with E-state index in [0.717, 1.165) is 5.56 Å². The Bertz CT molecular complexity index is 945. The molecule has 0 amide bonds. The molecule has 0 bridgehead atoms. The predicted molar refractivity (Wildman–Crippen MR) is 105 cm³/mol. The summed E-state index contributed by atoms with van der Waals surface area (Å²) in [5, 5.41) is 3.14. The molecule has 136 valence electrons. The van der Waals surface area contributed by atoms with Gasteiger partial charge in [0.05, 0.1) is 18.6 Å². The zero-order valence-corrected chi connectivity index (χ0v) is 16.0. The Balaban J connectivity index is 2.24. The summed E-state index contributed by atoms with van der Waals surface area (Å²) in [7, 11) is 1.37. The van der Waals surface area contributed by atoms with Crippen LogP contribution in [0.4, 0.5) is 11.6 Å². The number of hydrogen-bond donors (Lipinski definition) is 3. The average Bonchev–Trinajstić information content (AvgIpc) is 2.59. The normalized spacial score (nSPS) is 16.3. The van der Waals surface area contributed by atoms with Gasteiger partial charge >= 0.3 is 5.97 Å². The highest BCUT2D eigenvalue weighted by Crippen LogP contribution is 2.43. The minimum Gasteiger partial charge on any atom is -0.466 e. The fraction of sp³-hybridized carbons (Fsp3) is 0.316. The monoisotopic (exact) mass is 370 g/mol. The van der Waals surface area contributed by atoms with Crippen LogP contribution in [-0.2, 0) is 9.53 Å². The maximum Gasteiger partial charge on any atom is 0.336 e. The zero-order chi connectivity index (χ0) is 19.0. The van der Waals surface area contributed by atoms with Gasteiger partial charge < -0.3 is 20.8 Å². The van der Waals surface area contributed by atoms with Gasteiger partial charge in [0.1, 0.15) is 11.6 Å². The smallest absolute Gasteiger partial charge is 0.336 e. The molecular weight excluding hydrogens is 348 g/mol. The number of allylic oxidation sites excluding steroid dienone is 1. The summed E-state index contributed by atoms with van der Waals surface area (Å²) in [4.78, 5) is 19.7. The number of methoxy groups -OCH3 is 1. The number of rotatable bonds is 3. The van der Waals surface area contributed by atoms with Gasteiger partial charge in [-0.2, -0.15) is 0 Å². The number of fused-ring (bicyclic) bond motifs is 1. The van der Waals surface area contributed by atoms with Crippen LogP contribution in [-0.4, -0.2) is 23.0 Å². The van der Waals surface area contributed by atoms with Gasteiger partial charge in [0.25, 0.3) is 0 Å². The summed E-state index contributed by atoms with van der Waals surface area (Å²) in [5.74, 6) is 0.581. The molecule has 7 heteroatoms. The lowest BCUT2D eigenvalue weighted by Crippen LogP contribution is -2.26. The van der Waals surface area contributed by atoms with Crippen molar-refractivity contribution >= 4 is 29.8 Å². The fourth-order valence-corrected chi connectivity index (χ4v) is 3.48. The Morgan fingerprint density at radius 1 is 1.31 bits per heavy atom. The van der Waals surface area contributed by atoms with Crippen LogP contribution >= 0.6 is 12.2 Å². The van der Waals surface area contributed by atoms with E-state index < -0.39 is 5.97 Å². The first-order valence-electron chi connectivity index (χ1n) is 8.39. The van der Waals surface area contributed by atoms with Gasteiger partial charge in [-0.25, -0.2) is 9.78 Å². The second-order valence-electron chi connectivity index (χ2n) is 6.63. The molecule has 2 aromatic rings. The van der Waals surface area contributed by atoms with Crippen LogP contribution in [0.5, 0.6) is 0 Å². The average molecular weight is 370 g/mol. The fourth-order valence-electron chi connectivity index (χ4n) is 3.28. The molecule has 2 heterocycles. The van der Waals surface area contributed by atoms with Crippen LogP contribution in [0.3, 0.4) is 0 Å². The van der Waals surface area contributed by atoms with Gasteiger partial charge in [0, 0.05) is 11.3 Å². The number of nitrogens with two attached hydrogens (primary N) is 1. The molecule has 0 aliphatic carbocycles. The highest BCUT2D eigenvalue weighted by Gasteiger charge is 2.35. The van der Waals surface area contributed by atoms with Crippen LogP contribution < -0.4 is 11.1 Å². The number of H-pyrrole nitrogens is 1. The lowest BCUT2D eigenvalue weighted by Gasteiger charge is -2.30. The van der Waals surface area contributed by atoms with E-state index in [0.29, 0.717) is 34.4 Å². The highest BCUT2D eigenvalue weighted by atomic mass is 32.1. The van der Waals surface area contributed by atoms with E-state index in [1.165, 1.54) is 12.7 Å². The van der Waals surface area contributed by atoms with Crippen molar-refractivity contribution in [2.24, 2.45) is 0 Å². The molecular formula is C19H22N4O2S. The molecule has 1 aromatic heterocycles. The highest BCUT2D eigenvalue weighted by molar-refractivity contribution is 7.71. The van der Waals surface area contributed by atoms with Gasteiger partial charge in [-0.15, -0.1) is 0 Å². The first-order chi connectivity index (χ1) is 12.3. The van der Waals surface area contributed by atoms with Crippen molar-refractivity contribution in [3.8, 4) is 0 Å². The second kappa shape index (κ2) is 6.92. The number of ether oxygens (including phenoxy) is 1. The van der Waals surface area contributed by atoms with Crippen molar-refractivity contribution < 1.29 is 9.53 Å². The molecule has 26 heavy (non-hydrogen) atoms. The van der Waals surface area contributed by atoms with Crippen molar-refractivity contribution in [3.63, 3.8) is 0 Å². The van der Waals surface area contributed by atoms with E-state index in [1.54, 1.807) is 0 Å². The Morgan fingerprint density at radius 2 is 1.96 bits per heavy atom. The Labute approximate surface area is 157 Å². The summed E-state index contributed by atoms with van der Waals surface area (Å²) in [6.07, 6.45) is 0. The van der Waals surface area contributed by atoms with Gasteiger partial charge in [0.15, 0.2) is 4.77 Å². The van der Waals surface area contributed by atoms with E-state index in [1.807, 2.05) is 19.1 Å². The third-order valence-corrected chi connectivity index (χ3v) is 4.82. The molecule has 1 aliphatic heterocycles. The van der Waals surface area contributed by atoms with Crippen molar-refractivity contribution in [1.29, 1.82) is 0 Å². The lowest BCUT2D eigenvalue weighted by molar-refractivity contribution is -0.136. The number of aromatic amines is 1. The van der Waals surface area contributed by atoms with E-state index >= 15 is 0 Å². The van der Waals surface area contributed by atoms with Crippen LogP contribution in [0.2, 0.25) is 0 Å². The number of anilines is 2. The molecule has 1 unspecified atom stereocenters. The van der Waals surface area contributed by atoms with Gasteiger partial charge in [-0.05, 0) is 36.2 Å². The molecule has 6 nitrogen and oxygen atoms in total. The lowest BCUT2D eigenvalue weighted by atomic mass is 9.81. The predicted octanol–water partition coefficient (Wildman–Crippen LogP) is 3.85. The van der Waals surface area contributed by atoms with Gasteiger partial charge in [0.2, 0.25) is 0 Å². The quantitative estimate of drug-likeness (QED) is 0.561. The molecule has 0 saturated carbocycles. The maximum atomic E-state index is 12.5. The molecule has 0 fully saturated rings. The van der Waals surface area contributed by atoms with E-state index in [-0.39, 0.29) is 10.7 Å². The minimum atomic E-state index is -0.402. The first kappa shape index (κ1) is 18.1. The van der Waals surface area contributed by atoms with E-state index in [9.17, 15) is 4.79 Å². The number of carbonyl (C=O) groups is 1. The molecule has 3 rings (SSSR count). The van der Waals surface area contributed by atoms with Crippen molar-refractivity contribution in [2.75, 3.05) is 18.2 Å². The van der Waals surface area contributed by atoms with Crippen molar-refractivity contribution in [3.05, 3.63) is 57.0 Å². The topological polar surface area (TPSA) is 93.0 Å². The number of benzene rings is 1. The number of esters is 1. The van der Waals surface area contributed by atoms with Crippen LogP contribution in [0, 0.1) is 4.77 Å². The van der Waals surface area contributed by atoms with Crippen LogP contribution in [0.15, 0.2) is 35.5 Å². The van der Waals surface area contributed by atoms with Gasteiger partial charge in [-0.1, -0.05) is 38.1 Å². The van der Waals surface area contributed by atoms with E-state index in [4.69, 9.17) is 22.7 Å². The standard InChI is InChI=1S/C19H22N4O2S/c1-9(2)11-5-7-12(8-6-11)14-13(18(24)25-4)10(3)21-17-15(14)16(20)22-19(26)23-17/h5-9,14H,1-4H3,(H4,20,21,22,23,26).